The van der Waals surface area contributed by atoms with Gasteiger partial charge in [0.05, 0.1) is 11.5 Å². The molecule has 1 unspecified atom stereocenters. The number of hydrogen-bond acceptors (Lipinski definition) is 2. The van der Waals surface area contributed by atoms with Crippen LogP contribution < -0.4 is 0 Å². The topological polar surface area (TPSA) is 34.1 Å². The Morgan fingerprint density at radius 1 is 1.46 bits per heavy atom. The molecule has 0 amide bonds. The summed E-state index contributed by atoms with van der Waals surface area (Å²) in [6.45, 7) is 1.45. The summed E-state index contributed by atoms with van der Waals surface area (Å²) in [5.74, 6) is -1.84. The Bertz CT molecular complexity index is 333. The minimum atomic E-state index is -0.781. The molecule has 0 saturated carbocycles. The summed E-state index contributed by atoms with van der Waals surface area (Å²) in [5.41, 5.74) is -0.0258. The van der Waals surface area contributed by atoms with Crippen molar-refractivity contribution < 1.29 is 14.0 Å². The maximum absolute atomic E-state index is 13.0. The maximum atomic E-state index is 13.0. The number of carbonyl (C=O) groups excluding carboxylic acids is 2. The van der Waals surface area contributed by atoms with Crippen LogP contribution in [-0.4, -0.2) is 12.1 Å². The fourth-order valence-electron chi connectivity index (χ4n) is 0.968. The predicted molar refractivity (Wildman–Crippen MR) is 46.0 cm³/mol. The fraction of sp³-hybridized carbons (Fsp3) is 0.200. The van der Waals surface area contributed by atoms with Crippen LogP contribution in [0.15, 0.2) is 24.3 Å². The van der Waals surface area contributed by atoms with E-state index in [1.807, 2.05) is 0 Å². The lowest BCUT2D eigenvalue weighted by Crippen LogP contribution is -2.13. The molecule has 0 aliphatic rings. The molecule has 3 heteroatoms. The van der Waals surface area contributed by atoms with Crippen LogP contribution in [0, 0.1) is 11.7 Å². The molecule has 0 radical (unpaired) electrons. The fourth-order valence-corrected chi connectivity index (χ4v) is 0.968. The van der Waals surface area contributed by atoms with E-state index in [1.54, 1.807) is 6.07 Å². The Morgan fingerprint density at radius 2 is 2.08 bits per heavy atom. The van der Waals surface area contributed by atoms with Crippen LogP contribution >= 0.6 is 0 Å². The lowest BCUT2D eigenvalue weighted by atomic mass is 10.0. The third-order valence-corrected chi connectivity index (χ3v) is 1.76. The highest BCUT2D eigenvalue weighted by Gasteiger charge is 2.16. The molecule has 0 aromatic heterocycles. The van der Waals surface area contributed by atoms with Gasteiger partial charge in [0, 0.05) is 0 Å². The average molecular weight is 180 g/mol. The first kappa shape index (κ1) is 9.58. The average Bonchev–Trinajstić information content (AvgIpc) is 2.16. The van der Waals surface area contributed by atoms with Gasteiger partial charge in [0.2, 0.25) is 0 Å². The monoisotopic (exact) mass is 180 g/mol. The van der Waals surface area contributed by atoms with Crippen molar-refractivity contribution in [3.63, 3.8) is 0 Å². The second kappa shape index (κ2) is 3.94. The lowest BCUT2D eigenvalue weighted by Gasteiger charge is -2.03. The molecule has 0 heterocycles. The van der Waals surface area contributed by atoms with Gasteiger partial charge in [-0.25, -0.2) is 4.39 Å². The van der Waals surface area contributed by atoms with E-state index in [0.717, 1.165) is 0 Å². The molecule has 1 aromatic rings. The normalized spacial score (nSPS) is 12.2. The number of Topliss-reactive ketones (excluding diaryl/α,β-unsaturated/α-hetero) is 1. The van der Waals surface area contributed by atoms with Crippen LogP contribution in [0.5, 0.6) is 0 Å². The molecule has 0 fully saturated rings. The minimum Gasteiger partial charge on any atom is -0.303 e. The SMILES string of the molecule is CC(C=O)C(=O)c1ccccc1F. The predicted octanol–water partition coefficient (Wildman–Crippen LogP) is 1.84. The first-order chi connectivity index (χ1) is 6.16. The smallest absolute Gasteiger partial charge is 0.175 e. The molecule has 1 rings (SSSR count). The molecule has 0 spiro atoms. The van der Waals surface area contributed by atoms with E-state index in [1.165, 1.54) is 25.1 Å². The van der Waals surface area contributed by atoms with E-state index >= 15 is 0 Å². The third kappa shape index (κ3) is 1.99. The van der Waals surface area contributed by atoms with E-state index in [0.29, 0.717) is 6.29 Å². The zero-order valence-corrected chi connectivity index (χ0v) is 7.16. The lowest BCUT2D eigenvalue weighted by molar-refractivity contribution is -0.109. The van der Waals surface area contributed by atoms with Crippen LogP contribution in [0.4, 0.5) is 4.39 Å². The zero-order chi connectivity index (χ0) is 9.84. The van der Waals surface area contributed by atoms with Crippen molar-refractivity contribution in [3.8, 4) is 0 Å². The molecule has 0 aliphatic heterocycles. The largest absolute Gasteiger partial charge is 0.303 e. The summed E-state index contributed by atoms with van der Waals surface area (Å²) in [4.78, 5) is 21.6. The summed E-state index contributed by atoms with van der Waals surface area (Å²) >= 11 is 0. The number of benzene rings is 1. The van der Waals surface area contributed by atoms with Gasteiger partial charge in [-0.05, 0) is 19.1 Å². The van der Waals surface area contributed by atoms with Gasteiger partial charge in [0.25, 0.3) is 0 Å². The van der Waals surface area contributed by atoms with Crippen LogP contribution in [0.2, 0.25) is 0 Å². The number of ketones is 1. The van der Waals surface area contributed by atoms with E-state index in [9.17, 15) is 14.0 Å². The van der Waals surface area contributed by atoms with Gasteiger partial charge < -0.3 is 4.79 Å². The van der Waals surface area contributed by atoms with Gasteiger partial charge in [-0.2, -0.15) is 0 Å². The molecule has 13 heavy (non-hydrogen) atoms. The van der Waals surface area contributed by atoms with Gasteiger partial charge >= 0.3 is 0 Å². The zero-order valence-electron chi connectivity index (χ0n) is 7.16. The molecule has 1 aromatic carbocycles. The van der Waals surface area contributed by atoms with Crippen molar-refractivity contribution in [2.24, 2.45) is 5.92 Å². The number of aldehydes is 1. The highest BCUT2D eigenvalue weighted by Crippen LogP contribution is 2.11. The molecule has 0 N–H and O–H groups in total. The number of carbonyl (C=O) groups is 2. The Morgan fingerprint density at radius 3 is 2.62 bits per heavy atom. The first-order valence-corrected chi connectivity index (χ1v) is 3.91. The Balaban J connectivity index is 3.02. The van der Waals surface area contributed by atoms with Crippen LogP contribution in [0.1, 0.15) is 17.3 Å². The van der Waals surface area contributed by atoms with Crippen molar-refractivity contribution in [1.82, 2.24) is 0 Å². The molecule has 0 aliphatic carbocycles. The first-order valence-electron chi connectivity index (χ1n) is 3.91. The molecular weight excluding hydrogens is 171 g/mol. The van der Waals surface area contributed by atoms with Crippen molar-refractivity contribution >= 4 is 12.1 Å². The molecule has 0 bridgehead atoms. The second-order valence-electron chi connectivity index (χ2n) is 2.77. The highest BCUT2D eigenvalue weighted by atomic mass is 19.1. The number of halogens is 1. The number of rotatable bonds is 3. The number of hydrogen-bond donors (Lipinski definition) is 0. The van der Waals surface area contributed by atoms with E-state index in [-0.39, 0.29) is 5.56 Å². The van der Waals surface area contributed by atoms with E-state index in [2.05, 4.69) is 0 Å². The summed E-state index contributed by atoms with van der Waals surface area (Å²) < 4.78 is 13.0. The third-order valence-electron chi connectivity index (χ3n) is 1.76. The van der Waals surface area contributed by atoms with Crippen molar-refractivity contribution in [1.29, 1.82) is 0 Å². The van der Waals surface area contributed by atoms with Crippen molar-refractivity contribution in [2.75, 3.05) is 0 Å². The second-order valence-corrected chi connectivity index (χ2v) is 2.77. The molecular formula is C10H9FO2. The summed E-state index contributed by atoms with van der Waals surface area (Å²) in [5, 5.41) is 0. The van der Waals surface area contributed by atoms with Crippen molar-refractivity contribution in [2.45, 2.75) is 6.92 Å². The van der Waals surface area contributed by atoms with Crippen LogP contribution in [0.25, 0.3) is 0 Å². The van der Waals surface area contributed by atoms with Crippen LogP contribution in [0.3, 0.4) is 0 Å². The van der Waals surface area contributed by atoms with Crippen LogP contribution in [-0.2, 0) is 4.79 Å². The quantitative estimate of drug-likeness (QED) is 0.404. The Labute approximate surface area is 75.4 Å². The minimum absolute atomic E-state index is 0.0258. The molecule has 1 atom stereocenters. The summed E-state index contributed by atoms with van der Waals surface area (Å²) in [7, 11) is 0. The van der Waals surface area contributed by atoms with Gasteiger partial charge in [-0.3, -0.25) is 4.79 Å². The van der Waals surface area contributed by atoms with Crippen molar-refractivity contribution in [3.05, 3.63) is 35.6 Å². The Hall–Kier alpha value is -1.51. The Kier molecular flexibility index (Phi) is 2.90. The molecule has 0 saturated heterocycles. The van der Waals surface area contributed by atoms with E-state index in [4.69, 9.17) is 0 Å². The molecule has 68 valence electrons. The van der Waals surface area contributed by atoms with Gasteiger partial charge in [0.1, 0.15) is 12.1 Å². The maximum Gasteiger partial charge on any atom is 0.175 e. The summed E-state index contributed by atoms with van der Waals surface area (Å²) in [6, 6.07) is 5.63. The van der Waals surface area contributed by atoms with Gasteiger partial charge in [-0.15, -0.1) is 0 Å². The molecule has 2 nitrogen and oxygen atoms in total. The standard InChI is InChI=1S/C10H9FO2/c1-7(6-12)10(13)8-4-2-3-5-9(8)11/h2-7H,1H3. The summed E-state index contributed by atoms with van der Waals surface area (Å²) in [6.07, 6.45) is 0.509. The highest BCUT2D eigenvalue weighted by molar-refractivity contribution is 6.05. The van der Waals surface area contributed by atoms with Gasteiger partial charge in [-0.1, -0.05) is 12.1 Å². The van der Waals surface area contributed by atoms with E-state index < -0.39 is 17.5 Å². The van der Waals surface area contributed by atoms with Gasteiger partial charge in [0.15, 0.2) is 5.78 Å².